The molecule has 2 heteroatoms. The molecule has 0 bridgehead atoms. The Balaban J connectivity index is 2.72. The largest absolute Gasteiger partial charge is 0.300 e. The van der Waals surface area contributed by atoms with Crippen LogP contribution in [0.15, 0.2) is 18.5 Å². The zero-order valence-electron chi connectivity index (χ0n) is 8.04. The van der Waals surface area contributed by atoms with Gasteiger partial charge < -0.3 is 0 Å². The SMILES string of the molecule is C#CCNC(C)c1cnccc1C. The van der Waals surface area contributed by atoms with Crippen LogP contribution >= 0.6 is 0 Å². The second kappa shape index (κ2) is 4.64. The summed E-state index contributed by atoms with van der Waals surface area (Å²) in [7, 11) is 0. The molecule has 0 spiro atoms. The van der Waals surface area contributed by atoms with Crippen LogP contribution in [-0.4, -0.2) is 11.5 Å². The van der Waals surface area contributed by atoms with Gasteiger partial charge in [0.2, 0.25) is 0 Å². The lowest BCUT2D eigenvalue weighted by Gasteiger charge is -2.13. The van der Waals surface area contributed by atoms with Crippen LogP contribution in [0.3, 0.4) is 0 Å². The van der Waals surface area contributed by atoms with Gasteiger partial charge in [-0.2, -0.15) is 0 Å². The first-order valence-electron chi connectivity index (χ1n) is 4.33. The van der Waals surface area contributed by atoms with Crippen molar-refractivity contribution in [3.8, 4) is 12.3 Å². The molecule has 1 rings (SSSR count). The Bertz CT molecular complexity index is 312. The van der Waals surface area contributed by atoms with Gasteiger partial charge in [0.15, 0.2) is 0 Å². The zero-order valence-corrected chi connectivity index (χ0v) is 8.04. The lowest BCUT2D eigenvalue weighted by Crippen LogP contribution is -2.19. The summed E-state index contributed by atoms with van der Waals surface area (Å²) in [5.41, 5.74) is 2.45. The summed E-state index contributed by atoms with van der Waals surface area (Å²) < 4.78 is 0. The molecule has 2 nitrogen and oxygen atoms in total. The molecule has 1 N–H and O–H groups in total. The maximum absolute atomic E-state index is 5.16. The lowest BCUT2D eigenvalue weighted by molar-refractivity contribution is 0.617. The minimum Gasteiger partial charge on any atom is -0.300 e. The molecule has 0 saturated heterocycles. The number of hydrogen-bond acceptors (Lipinski definition) is 2. The minimum atomic E-state index is 0.268. The van der Waals surface area contributed by atoms with E-state index in [4.69, 9.17) is 6.42 Å². The highest BCUT2D eigenvalue weighted by Gasteiger charge is 2.05. The van der Waals surface area contributed by atoms with Gasteiger partial charge in [-0.05, 0) is 31.0 Å². The Labute approximate surface area is 79.4 Å². The van der Waals surface area contributed by atoms with Gasteiger partial charge >= 0.3 is 0 Å². The van der Waals surface area contributed by atoms with Crippen molar-refractivity contribution in [3.05, 3.63) is 29.6 Å². The van der Waals surface area contributed by atoms with Crippen molar-refractivity contribution in [2.75, 3.05) is 6.54 Å². The van der Waals surface area contributed by atoms with Gasteiger partial charge in [0.1, 0.15) is 0 Å². The number of terminal acetylenes is 1. The minimum absolute atomic E-state index is 0.268. The fourth-order valence-electron chi connectivity index (χ4n) is 1.25. The molecule has 1 atom stereocenters. The quantitative estimate of drug-likeness (QED) is 0.705. The van der Waals surface area contributed by atoms with Crippen LogP contribution in [0.2, 0.25) is 0 Å². The van der Waals surface area contributed by atoms with E-state index in [-0.39, 0.29) is 6.04 Å². The maximum atomic E-state index is 5.16. The Morgan fingerprint density at radius 1 is 1.69 bits per heavy atom. The van der Waals surface area contributed by atoms with Crippen molar-refractivity contribution >= 4 is 0 Å². The molecule has 1 aromatic rings. The van der Waals surface area contributed by atoms with E-state index in [9.17, 15) is 0 Å². The van der Waals surface area contributed by atoms with Crippen LogP contribution in [0, 0.1) is 19.3 Å². The third kappa shape index (κ3) is 2.57. The van der Waals surface area contributed by atoms with Crippen molar-refractivity contribution in [2.45, 2.75) is 19.9 Å². The number of pyridine rings is 1. The fraction of sp³-hybridized carbons (Fsp3) is 0.364. The summed E-state index contributed by atoms with van der Waals surface area (Å²) in [6, 6.07) is 2.27. The molecular weight excluding hydrogens is 160 g/mol. The molecule has 1 aromatic heterocycles. The highest BCUT2D eigenvalue weighted by Crippen LogP contribution is 2.14. The van der Waals surface area contributed by atoms with E-state index in [0.717, 1.165) is 0 Å². The summed E-state index contributed by atoms with van der Waals surface area (Å²) in [6.07, 6.45) is 8.84. The van der Waals surface area contributed by atoms with Crippen molar-refractivity contribution in [1.29, 1.82) is 0 Å². The summed E-state index contributed by atoms with van der Waals surface area (Å²) in [5.74, 6) is 2.56. The first kappa shape index (κ1) is 9.76. The molecule has 1 unspecified atom stereocenters. The third-order valence-corrected chi connectivity index (χ3v) is 2.06. The smallest absolute Gasteiger partial charge is 0.0578 e. The van der Waals surface area contributed by atoms with Crippen LogP contribution < -0.4 is 5.32 Å². The van der Waals surface area contributed by atoms with E-state index in [2.05, 4.69) is 30.1 Å². The Morgan fingerprint density at radius 3 is 3.08 bits per heavy atom. The van der Waals surface area contributed by atoms with Crippen LogP contribution in [0.25, 0.3) is 0 Å². The molecule has 0 aromatic carbocycles. The van der Waals surface area contributed by atoms with Gasteiger partial charge in [0, 0.05) is 18.4 Å². The molecule has 13 heavy (non-hydrogen) atoms. The van der Waals surface area contributed by atoms with Gasteiger partial charge in [0.05, 0.1) is 6.54 Å². The van der Waals surface area contributed by atoms with E-state index in [1.54, 1.807) is 6.20 Å². The molecule has 1 heterocycles. The van der Waals surface area contributed by atoms with E-state index < -0.39 is 0 Å². The molecule has 0 aliphatic heterocycles. The molecule has 0 aliphatic carbocycles. The second-order valence-corrected chi connectivity index (χ2v) is 3.04. The van der Waals surface area contributed by atoms with Gasteiger partial charge in [-0.1, -0.05) is 5.92 Å². The van der Waals surface area contributed by atoms with Crippen LogP contribution in [-0.2, 0) is 0 Å². The molecule has 0 radical (unpaired) electrons. The molecule has 0 saturated carbocycles. The topological polar surface area (TPSA) is 24.9 Å². The van der Waals surface area contributed by atoms with E-state index in [0.29, 0.717) is 6.54 Å². The predicted octanol–water partition coefficient (Wildman–Crippen LogP) is 1.67. The fourth-order valence-corrected chi connectivity index (χ4v) is 1.25. The number of nitrogens with zero attached hydrogens (tertiary/aromatic N) is 1. The lowest BCUT2D eigenvalue weighted by atomic mass is 10.1. The molecule has 68 valence electrons. The highest BCUT2D eigenvalue weighted by atomic mass is 14.9. The van der Waals surface area contributed by atoms with Gasteiger partial charge in [-0.15, -0.1) is 6.42 Å². The summed E-state index contributed by atoms with van der Waals surface area (Å²) in [4.78, 5) is 4.08. The standard InChI is InChI=1S/C11H14N2/c1-4-6-13-10(3)11-8-12-7-5-9(11)2/h1,5,7-8,10,13H,6H2,2-3H3. The number of hydrogen-bond donors (Lipinski definition) is 1. The maximum Gasteiger partial charge on any atom is 0.0578 e. The van der Waals surface area contributed by atoms with Crippen molar-refractivity contribution in [2.24, 2.45) is 0 Å². The first-order valence-corrected chi connectivity index (χ1v) is 4.33. The average Bonchev–Trinajstić information content (AvgIpc) is 2.15. The molecule has 0 fully saturated rings. The Kier molecular flexibility index (Phi) is 3.48. The van der Waals surface area contributed by atoms with E-state index in [1.807, 2.05) is 12.3 Å². The monoisotopic (exact) mass is 174 g/mol. The highest BCUT2D eigenvalue weighted by molar-refractivity contribution is 5.24. The van der Waals surface area contributed by atoms with Crippen LogP contribution in [0.4, 0.5) is 0 Å². The molecule has 0 aliphatic rings. The summed E-state index contributed by atoms with van der Waals surface area (Å²) >= 11 is 0. The van der Waals surface area contributed by atoms with Crippen LogP contribution in [0.5, 0.6) is 0 Å². The number of aromatic nitrogens is 1. The third-order valence-electron chi connectivity index (χ3n) is 2.06. The van der Waals surface area contributed by atoms with Crippen LogP contribution in [0.1, 0.15) is 24.1 Å². The van der Waals surface area contributed by atoms with Crippen molar-refractivity contribution in [3.63, 3.8) is 0 Å². The number of aryl methyl sites for hydroxylation is 1. The van der Waals surface area contributed by atoms with Gasteiger partial charge in [-0.3, -0.25) is 10.3 Å². The number of nitrogens with one attached hydrogen (secondary N) is 1. The average molecular weight is 174 g/mol. The molecular formula is C11H14N2. The Morgan fingerprint density at radius 2 is 2.46 bits per heavy atom. The second-order valence-electron chi connectivity index (χ2n) is 3.04. The zero-order chi connectivity index (χ0) is 9.68. The summed E-state index contributed by atoms with van der Waals surface area (Å²) in [5, 5.41) is 3.21. The Hall–Kier alpha value is -1.33. The number of rotatable bonds is 3. The molecule has 0 amide bonds. The van der Waals surface area contributed by atoms with E-state index >= 15 is 0 Å². The van der Waals surface area contributed by atoms with Crippen molar-refractivity contribution in [1.82, 2.24) is 10.3 Å². The van der Waals surface area contributed by atoms with Gasteiger partial charge in [-0.25, -0.2) is 0 Å². The van der Waals surface area contributed by atoms with Gasteiger partial charge in [0.25, 0.3) is 0 Å². The van der Waals surface area contributed by atoms with Crippen molar-refractivity contribution < 1.29 is 0 Å². The normalized spacial score (nSPS) is 12.1. The van der Waals surface area contributed by atoms with E-state index in [1.165, 1.54) is 11.1 Å². The first-order chi connectivity index (χ1) is 6.25. The predicted molar refractivity (Wildman–Crippen MR) is 54.2 cm³/mol. The summed E-state index contributed by atoms with van der Waals surface area (Å²) in [6.45, 7) is 4.75.